The molecule has 1 saturated heterocycles. The minimum atomic E-state index is 0.00664. The maximum absolute atomic E-state index is 13.3. The molecule has 158 valence electrons. The van der Waals surface area contributed by atoms with Gasteiger partial charge in [-0.05, 0) is 51.2 Å². The van der Waals surface area contributed by atoms with Gasteiger partial charge >= 0.3 is 0 Å². The lowest BCUT2D eigenvalue weighted by Gasteiger charge is -2.33. The summed E-state index contributed by atoms with van der Waals surface area (Å²) < 4.78 is 3.80. The summed E-state index contributed by atoms with van der Waals surface area (Å²) in [5.41, 5.74) is 0.810. The number of likely N-dealkylation sites (tertiary alicyclic amines) is 1. The molecule has 30 heavy (non-hydrogen) atoms. The summed E-state index contributed by atoms with van der Waals surface area (Å²) in [4.78, 5) is 28.1. The first kappa shape index (κ1) is 19.6. The van der Waals surface area contributed by atoms with Crippen LogP contribution < -0.4 is 5.56 Å². The van der Waals surface area contributed by atoms with Crippen LogP contribution in [-0.4, -0.2) is 48.3 Å². The molecule has 1 unspecified atom stereocenters. The van der Waals surface area contributed by atoms with Crippen molar-refractivity contribution in [2.24, 2.45) is 0 Å². The van der Waals surface area contributed by atoms with Gasteiger partial charge in [0.2, 0.25) is 11.7 Å². The summed E-state index contributed by atoms with van der Waals surface area (Å²) in [7, 11) is 0. The molecule has 7 nitrogen and oxygen atoms in total. The van der Waals surface area contributed by atoms with Gasteiger partial charge in [0.05, 0.1) is 16.7 Å². The Balaban J connectivity index is 1.53. The van der Waals surface area contributed by atoms with Crippen LogP contribution in [0, 0.1) is 0 Å². The van der Waals surface area contributed by atoms with Gasteiger partial charge in [0.15, 0.2) is 5.16 Å². The monoisotopic (exact) mass is 425 g/mol. The highest BCUT2D eigenvalue weighted by Crippen LogP contribution is 2.31. The number of aromatic nitrogens is 4. The van der Waals surface area contributed by atoms with Crippen LogP contribution in [0.25, 0.3) is 16.7 Å². The number of hydrogen-bond acceptors (Lipinski definition) is 5. The molecule has 0 radical (unpaired) electrons. The van der Waals surface area contributed by atoms with Crippen LogP contribution in [0.4, 0.5) is 0 Å². The Hall–Kier alpha value is -2.35. The van der Waals surface area contributed by atoms with E-state index in [2.05, 4.69) is 17.1 Å². The van der Waals surface area contributed by atoms with Gasteiger partial charge in [0, 0.05) is 18.6 Å². The third kappa shape index (κ3) is 3.31. The quantitative estimate of drug-likeness (QED) is 0.597. The van der Waals surface area contributed by atoms with Gasteiger partial charge in [-0.1, -0.05) is 36.7 Å². The molecule has 8 heteroatoms. The molecule has 1 atom stereocenters. The van der Waals surface area contributed by atoms with Gasteiger partial charge in [0.1, 0.15) is 0 Å². The molecule has 1 amide bonds. The second-order valence-electron chi connectivity index (χ2n) is 8.47. The lowest BCUT2D eigenvalue weighted by atomic mass is 10.0. The number of thioether (sulfide) groups is 1. The summed E-state index contributed by atoms with van der Waals surface area (Å²) >= 11 is 1.42. The molecular weight excluding hydrogens is 398 g/mol. The summed E-state index contributed by atoms with van der Waals surface area (Å²) in [6, 6.07) is 8.10. The molecule has 5 rings (SSSR count). The zero-order chi connectivity index (χ0) is 20.7. The summed E-state index contributed by atoms with van der Waals surface area (Å²) in [5, 5.41) is 10.2. The molecule has 0 spiro atoms. The molecule has 2 fully saturated rings. The van der Waals surface area contributed by atoms with Crippen molar-refractivity contribution in [2.75, 3.05) is 12.3 Å². The zero-order valence-electron chi connectivity index (χ0n) is 17.3. The van der Waals surface area contributed by atoms with Gasteiger partial charge in [0.25, 0.3) is 5.56 Å². The van der Waals surface area contributed by atoms with Crippen molar-refractivity contribution in [3.05, 3.63) is 34.6 Å². The first-order chi connectivity index (χ1) is 14.6. The molecule has 3 aromatic rings. The van der Waals surface area contributed by atoms with Crippen LogP contribution in [0.5, 0.6) is 0 Å². The van der Waals surface area contributed by atoms with Crippen molar-refractivity contribution in [3.63, 3.8) is 0 Å². The highest BCUT2D eigenvalue weighted by atomic mass is 32.2. The molecule has 3 heterocycles. The second-order valence-corrected chi connectivity index (χ2v) is 9.41. The van der Waals surface area contributed by atoms with Crippen LogP contribution in [0.3, 0.4) is 0 Å². The summed E-state index contributed by atoms with van der Waals surface area (Å²) in [5.74, 6) is 1.08. The SMILES string of the molecule is CC1CCCCN1C(=O)CSc1nnc2n(C3CCCC3)c(=O)c3ccccc3n12. The Kier molecular flexibility index (Phi) is 5.26. The van der Waals surface area contributed by atoms with Crippen molar-refractivity contribution in [1.29, 1.82) is 0 Å². The molecule has 2 aromatic heterocycles. The largest absolute Gasteiger partial charge is 0.339 e. The van der Waals surface area contributed by atoms with Crippen molar-refractivity contribution in [3.8, 4) is 0 Å². The Morgan fingerprint density at radius 2 is 1.87 bits per heavy atom. The number of fused-ring (bicyclic) bond motifs is 3. The number of nitrogens with zero attached hydrogens (tertiary/aromatic N) is 5. The number of rotatable bonds is 4. The van der Waals surface area contributed by atoms with Crippen molar-refractivity contribution < 1.29 is 4.79 Å². The molecule has 1 saturated carbocycles. The number of amides is 1. The standard InChI is InChI=1S/C22H27N5O2S/c1-15-8-6-7-13-25(15)19(28)14-30-22-24-23-21-26(16-9-2-3-10-16)20(29)17-11-4-5-12-18(17)27(21)22/h4-5,11-12,15-16H,2-3,6-10,13-14H2,1H3. The van der Waals surface area contributed by atoms with E-state index < -0.39 is 0 Å². The first-order valence-electron chi connectivity index (χ1n) is 11.0. The van der Waals surface area contributed by atoms with Crippen LogP contribution >= 0.6 is 11.8 Å². The van der Waals surface area contributed by atoms with E-state index in [1.165, 1.54) is 18.2 Å². The zero-order valence-corrected chi connectivity index (χ0v) is 18.1. The number of hydrogen-bond donors (Lipinski definition) is 0. The molecular formula is C22H27N5O2S. The lowest BCUT2D eigenvalue weighted by molar-refractivity contribution is -0.131. The minimum Gasteiger partial charge on any atom is -0.339 e. The maximum atomic E-state index is 13.3. The third-order valence-corrected chi connectivity index (χ3v) is 7.48. The number of carbonyl (C=O) groups is 1. The molecule has 0 bridgehead atoms. The van der Waals surface area contributed by atoms with E-state index >= 15 is 0 Å². The number of piperidine rings is 1. The highest BCUT2D eigenvalue weighted by molar-refractivity contribution is 7.99. The fraction of sp³-hybridized carbons (Fsp3) is 0.545. The van der Waals surface area contributed by atoms with Crippen LogP contribution in [0.15, 0.2) is 34.2 Å². The Bertz CT molecular complexity index is 1150. The summed E-state index contributed by atoms with van der Waals surface area (Å²) in [6.07, 6.45) is 7.60. The maximum Gasteiger partial charge on any atom is 0.263 e. The molecule has 0 N–H and O–H groups in total. The molecule has 1 aliphatic heterocycles. The van der Waals surface area contributed by atoms with Crippen LogP contribution in [0.2, 0.25) is 0 Å². The van der Waals surface area contributed by atoms with E-state index in [-0.39, 0.29) is 17.5 Å². The molecule has 1 aliphatic carbocycles. The van der Waals surface area contributed by atoms with Crippen LogP contribution in [-0.2, 0) is 4.79 Å². The predicted octanol–water partition coefficient (Wildman–Crippen LogP) is 3.65. The fourth-order valence-corrected chi connectivity index (χ4v) is 5.79. The van der Waals surface area contributed by atoms with Gasteiger partial charge < -0.3 is 4.90 Å². The summed E-state index contributed by atoms with van der Waals surface area (Å²) in [6.45, 7) is 2.97. The third-order valence-electron chi connectivity index (χ3n) is 6.56. The lowest BCUT2D eigenvalue weighted by Crippen LogP contribution is -2.42. The van der Waals surface area contributed by atoms with Gasteiger partial charge in [-0.15, -0.1) is 10.2 Å². The normalized spacial score (nSPS) is 20.4. The minimum absolute atomic E-state index is 0.00664. The van der Waals surface area contributed by atoms with E-state index in [1.54, 1.807) is 0 Å². The van der Waals surface area contributed by atoms with Gasteiger partial charge in [-0.2, -0.15) is 0 Å². The van der Waals surface area contributed by atoms with E-state index in [4.69, 9.17) is 0 Å². The Labute approximate surface area is 179 Å². The Morgan fingerprint density at radius 1 is 1.10 bits per heavy atom. The molecule has 1 aromatic carbocycles. The van der Waals surface area contributed by atoms with E-state index in [0.717, 1.165) is 50.6 Å². The Morgan fingerprint density at radius 3 is 2.67 bits per heavy atom. The van der Waals surface area contributed by atoms with Gasteiger partial charge in [-0.25, -0.2) is 0 Å². The topological polar surface area (TPSA) is 72.5 Å². The predicted molar refractivity (Wildman–Crippen MR) is 118 cm³/mol. The number of carbonyl (C=O) groups excluding carboxylic acids is 1. The average Bonchev–Trinajstić information content (AvgIpc) is 3.43. The van der Waals surface area contributed by atoms with E-state index in [1.807, 2.05) is 38.1 Å². The average molecular weight is 426 g/mol. The van der Waals surface area contributed by atoms with E-state index in [0.29, 0.717) is 28.1 Å². The van der Waals surface area contributed by atoms with E-state index in [9.17, 15) is 9.59 Å². The number of para-hydroxylation sites is 1. The van der Waals surface area contributed by atoms with Gasteiger partial charge in [-0.3, -0.25) is 18.6 Å². The first-order valence-corrected chi connectivity index (χ1v) is 11.9. The van der Waals surface area contributed by atoms with Crippen molar-refractivity contribution in [1.82, 2.24) is 24.1 Å². The second kappa shape index (κ2) is 8.06. The fourth-order valence-electron chi connectivity index (χ4n) is 4.96. The molecule has 2 aliphatic rings. The van der Waals surface area contributed by atoms with Crippen molar-refractivity contribution >= 4 is 34.3 Å². The number of benzene rings is 1. The van der Waals surface area contributed by atoms with Crippen LogP contribution in [0.1, 0.15) is 57.9 Å². The van der Waals surface area contributed by atoms with Crippen molar-refractivity contribution in [2.45, 2.75) is 69.1 Å². The smallest absolute Gasteiger partial charge is 0.263 e. The highest BCUT2D eigenvalue weighted by Gasteiger charge is 2.26.